The van der Waals surface area contributed by atoms with E-state index in [4.69, 9.17) is 5.11 Å². The van der Waals surface area contributed by atoms with Crippen molar-refractivity contribution in [1.82, 2.24) is 4.72 Å². The molecule has 0 aliphatic heterocycles. The largest absolute Gasteiger partial charge is 0.392 e. The summed E-state index contributed by atoms with van der Waals surface area (Å²) in [4.78, 5) is 0.145. The average Bonchev–Trinajstić information content (AvgIpc) is 2.26. The Bertz CT molecular complexity index is 475. The third-order valence-corrected chi connectivity index (χ3v) is 3.73. The fourth-order valence-electron chi connectivity index (χ4n) is 1.29. The van der Waals surface area contributed by atoms with Crippen LogP contribution in [0.3, 0.4) is 0 Å². The lowest BCUT2D eigenvalue weighted by Crippen LogP contribution is -2.32. The quantitative estimate of drug-likeness (QED) is 0.859. The lowest BCUT2D eigenvalue weighted by Gasteiger charge is -2.19. The summed E-state index contributed by atoms with van der Waals surface area (Å²) in [5, 5.41) is 9.12. The molecule has 0 aromatic heterocycles. The van der Waals surface area contributed by atoms with E-state index in [0.29, 0.717) is 12.1 Å². The van der Waals surface area contributed by atoms with E-state index in [0.717, 1.165) is 0 Å². The van der Waals surface area contributed by atoms with Crippen molar-refractivity contribution in [1.29, 1.82) is 0 Å². The van der Waals surface area contributed by atoms with Crippen LogP contribution in [0.4, 0.5) is 0 Å². The van der Waals surface area contributed by atoms with Gasteiger partial charge in [0.1, 0.15) is 0 Å². The van der Waals surface area contributed by atoms with E-state index in [2.05, 4.69) is 4.72 Å². The fraction of sp³-hybridized carbons (Fsp3) is 0.500. The van der Waals surface area contributed by atoms with Gasteiger partial charge in [-0.1, -0.05) is 39.0 Å². The number of aliphatic hydroxyl groups is 1. The summed E-state index contributed by atoms with van der Waals surface area (Å²) in [5.41, 5.74) is 0.287. The molecule has 1 rings (SSSR count). The summed E-state index contributed by atoms with van der Waals surface area (Å²) in [5.74, 6) is 0. The van der Waals surface area contributed by atoms with Gasteiger partial charge in [-0.05, 0) is 17.0 Å². The summed E-state index contributed by atoms with van der Waals surface area (Å²) in [6.45, 7) is 5.93. The molecule has 0 aliphatic rings. The number of hydrogen-bond donors (Lipinski definition) is 2. The topological polar surface area (TPSA) is 66.4 Å². The van der Waals surface area contributed by atoms with Crippen LogP contribution >= 0.6 is 0 Å². The lowest BCUT2D eigenvalue weighted by atomic mass is 9.98. The molecule has 0 unspecified atom stereocenters. The molecule has 0 atom stereocenters. The van der Waals surface area contributed by atoms with Gasteiger partial charge in [-0.25, -0.2) is 13.1 Å². The van der Waals surface area contributed by atoms with E-state index in [1.165, 1.54) is 6.07 Å². The van der Waals surface area contributed by atoms with Crippen molar-refractivity contribution < 1.29 is 13.5 Å². The van der Waals surface area contributed by atoms with Crippen molar-refractivity contribution in [2.24, 2.45) is 5.41 Å². The maximum absolute atomic E-state index is 12.0. The Hall–Kier alpha value is -0.910. The van der Waals surface area contributed by atoms with Crippen LogP contribution in [0.5, 0.6) is 0 Å². The molecule has 0 radical (unpaired) electrons. The zero-order chi connectivity index (χ0) is 13.1. The highest BCUT2D eigenvalue weighted by atomic mass is 32.2. The first-order valence-electron chi connectivity index (χ1n) is 5.45. The first-order chi connectivity index (χ1) is 7.76. The van der Waals surface area contributed by atoms with Crippen LogP contribution in [0.25, 0.3) is 0 Å². The molecule has 96 valence electrons. The molecule has 0 saturated heterocycles. The minimum Gasteiger partial charge on any atom is -0.392 e. The molecular formula is C12H19NO3S. The van der Waals surface area contributed by atoms with E-state index >= 15 is 0 Å². The molecule has 4 nitrogen and oxygen atoms in total. The number of rotatable bonds is 4. The van der Waals surface area contributed by atoms with Crippen LogP contribution in [0, 0.1) is 5.41 Å². The van der Waals surface area contributed by atoms with E-state index < -0.39 is 10.0 Å². The van der Waals surface area contributed by atoms with Crippen molar-refractivity contribution in [2.45, 2.75) is 32.3 Å². The first-order valence-corrected chi connectivity index (χ1v) is 6.93. The van der Waals surface area contributed by atoms with Crippen LogP contribution < -0.4 is 4.72 Å². The fourth-order valence-corrected chi connectivity index (χ4v) is 2.80. The van der Waals surface area contributed by atoms with Gasteiger partial charge in [-0.2, -0.15) is 0 Å². The Kier molecular flexibility index (Phi) is 4.30. The standard InChI is InChI=1S/C12H19NO3S/c1-12(2,3)9-13-17(15,16)11-7-5-4-6-10(11)8-14/h4-7,13-14H,8-9H2,1-3H3. The molecule has 5 heteroatoms. The van der Waals surface area contributed by atoms with Crippen molar-refractivity contribution in [3.63, 3.8) is 0 Å². The minimum absolute atomic E-state index is 0.124. The highest BCUT2D eigenvalue weighted by Gasteiger charge is 2.20. The van der Waals surface area contributed by atoms with Crippen LogP contribution in [0.2, 0.25) is 0 Å². The number of hydrogen-bond acceptors (Lipinski definition) is 3. The predicted molar refractivity (Wildman–Crippen MR) is 67.0 cm³/mol. The molecule has 0 heterocycles. The molecule has 0 amide bonds. The second-order valence-electron chi connectivity index (χ2n) is 5.15. The molecule has 17 heavy (non-hydrogen) atoms. The van der Waals surface area contributed by atoms with Crippen LogP contribution in [0.1, 0.15) is 26.3 Å². The van der Waals surface area contributed by atoms with Gasteiger partial charge < -0.3 is 5.11 Å². The van der Waals surface area contributed by atoms with E-state index in [1.54, 1.807) is 18.2 Å². The summed E-state index contributed by atoms with van der Waals surface area (Å²) in [6.07, 6.45) is 0. The van der Waals surface area contributed by atoms with E-state index in [-0.39, 0.29) is 16.9 Å². The monoisotopic (exact) mass is 257 g/mol. The normalized spacial score (nSPS) is 12.7. The van der Waals surface area contributed by atoms with Gasteiger partial charge in [-0.15, -0.1) is 0 Å². The van der Waals surface area contributed by atoms with E-state index in [1.807, 2.05) is 20.8 Å². The van der Waals surface area contributed by atoms with Gasteiger partial charge in [0.05, 0.1) is 11.5 Å². The zero-order valence-electron chi connectivity index (χ0n) is 10.4. The second kappa shape index (κ2) is 5.16. The predicted octanol–water partition coefficient (Wildman–Crippen LogP) is 1.50. The minimum atomic E-state index is -3.55. The van der Waals surface area contributed by atoms with Gasteiger partial charge in [0, 0.05) is 6.54 Å². The molecule has 1 aromatic rings. The van der Waals surface area contributed by atoms with Crippen molar-refractivity contribution >= 4 is 10.0 Å². The van der Waals surface area contributed by atoms with Crippen LogP contribution in [-0.4, -0.2) is 20.1 Å². The molecule has 1 aromatic carbocycles. The molecule has 0 fully saturated rings. The summed E-state index contributed by atoms with van der Waals surface area (Å²) >= 11 is 0. The smallest absolute Gasteiger partial charge is 0.240 e. The summed E-state index contributed by atoms with van der Waals surface area (Å²) in [7, 11) is -3.55. The maximum atomic E-state index is 12.0. The zero-order valence-corrected chi connectivity index (χ0v) is 11.2. The highest BCUT2D eigenvalue weighted by molar-refractivity contribution is 7.89. The van der Waals surface area contributed by atoms with Gasteiger partial charge >= 0.3 is 0 Å². The van der Waals surface area contributed by atoms with Gasteiger partial charge in [0.2, 0.25) is 10.0 Å². The third-order valence-electron chi connectivity index (χ3n) is 2.22. The van der Waals surface area contributed by atoms with Crippen molar-refractivity contribution in [3.05, 3.63) is 29.8 Å². The third kappa shape index (κ3) is 4.11. The van der Waals surface area contributed by atoms with Crippen LogP contribution in [0.15, 0.2) is 29.2 Å². The molecule has 0 saturated carbocycles. The Balaban J connectivity index is 2.98. The number of benzene rings is 1. The molecular weight excluding hydrogens is 238 g/mol. The lowest BCUT2D eigenvalue weighted by molar-refractivity contribution is 0.278. The Labute approximate surface area is 103 Å². The van der Waals surface area contributed by atoms with Gasteiger partial charge in [0.15, 0.2) is 0 Å². The van der Waals surface area contributed by atoms with Gasteiger partial charge in [0.25, 0.3) is 0 Å². The first kappa shape index (κ1) is 14.2. The Morgan fingerprint density at radius 3 is 2.35 bits per heavy atom. The average molecular weight is 257 g/mol. The van der Waals surface area contributed by atoms with E-state index in [9.17, 15) is 8.42 Å². The SMILES string of the molecule is CC(C)(C)CNS(=O)(=O)c1ccccc1CO. The highest BCUT2D eigenvalue weighted by Crippen LogP contribution is 2.17. The molecule has 2 N–H and O–H groups in total. The molecule has 0 spiro atoms. The van der Waals surface area contributed by atoms with Crippen LogP contribution in [-0.2, 0) is 16.6 Å². The molecule has 0 aliphatic carbocycles. The second-order valence-corrected chi connectivity index (χ2v) is 6.89. The van der Waals surface area contributed by atoms with Crippen molar-refractivity contribution in [2.75, 3.05) is 6.54 Å². The Morgan fingerprint density at radius 1 is 1.24 bits per heavy atom. The number of nitrogens with one attached hydrogen (secondary N) is 1. The summed E-state index contributed by atoms with van der Waals surface area (Å²) in [6, 6.07) is 6.45. The van der Waals surface area contributed by atoms with Crippen molar-refractivity contribution in [3.8, 4) is 0 Å². The molecule has 0 bridgehead atoms. The maximum Gasteiger partial charge on any atom is 0.240 e. The van der Waals surface area contributed by atoms with Gasteiger partial charge in [-0.3, -0.25) is 0 Å². The number of aliphatic hydroxyl groups excluding tert-OH is 1. The summed E-state index contributed by atoms with van der Waals surface area (Å²) < 4.78 is 26.6. The number of sulfonamides is 1. The Morgan fingerprint density at radius 2 is 1.82 bits per heavy atom.